The summed E-state index contributed by atoms with van der Waals surface area (Å²) in [5.41, 5.74) is 2.82. The number of benzene rings is 2. The highest BCUT2D eigenvalue weighted by molar-refractivity contribution is 5.47. The van der Waals surface area contributed by atoms with Crippen LogP contribution < -0.4 is 4.74 Å². The van der Waals surface area contributed by atoms with Crippen LogP contribution in [0.1, 0.15) is 70.3 Å². The Labute approximate surface area is 164 Å². The average molecular weight is 367 g/mol. The van der Waals surface area contributed by atoms with E-state index >= 15 is 0 Å². The predicted molar refractivity (Wildman–Crippen MR) is 115 cm³/mol. The monoisotopic (exact) mass is 366 g/mol. The number of azo groups is 1. The molecule has 0 amide bonds. The van der Waals surface area contributed by atoms with Gasteiger partial charge in [0, 0.05) is 0 Å². The fraction of sp³-hybridized carbons (Fsp3) is 0.500. The highest BCUT2D eigenvalue weighted by Gasteiger charge is 2.01. The molecule has 3 heteroatoms. The third-order valence-electron chi connectivity index (χ3n) is 4.70. The van der Waals surface area contributed by atoms with Gasteiger partial charge < -0.3 is 4.74 Å². The van der Waals surface area contributed by atoms with E-state index in [2.05, 4.69) is 24.1 Å². The molecule has 0 bridgehead atoms. The smallest absolute Gasteiger partial charge is 0.122 e. The van der Waals surface area contributed by atoms with Crippen molar-refractivity contribution in [2.75, 3.05) is 6.61 Å². The summed E-state index contributed by atoms with van der Waals surface area (Å²) in [6.45, 7) is 5.12. The highest BCUT2D eigenvalue weighted by atomic mass is 16.5. The van der Waals surface area contributed by atoms with E-state index in [1.807, 2.05) is 48.5 Å². The van der Waals surface area contributed by atoms with Crippen molar-refractivity contribution in [1.82, 2.24) is 0 Å². The van der Waals surface area contributed by atoms with E-state index in [9.17, 15) is 0 Å². The highest BCUT2D eigenvalue weighted by Crippen LogP contribution is 2.25. The van der Waals surface area contributed by atoms with Gasteiger partial charge in [-0.15, -0.1) is 0 Å². The lowest BCUT2D eigenvalue weighted by Crippen LogP contribution is -1.98. The van der Waals surface area contributed by atoms with Crippen molar-refractivity contribution < 1.29 is 4.74 Å². The lowest BCUT2D eigenvalue weighted by molar-refractivity contribution is 0.302. The van der Waals surface area contributed by atoms with Crippen LogP contribution in [-0.2, 0) is 0 Å². The number of nitrogens with zero attached hydrogens (tertiary/aromatic N) is 2. The first kappa shape index (κ1) is 21.1. The van der Waals surface area contributed by atoms with Crippen molar-refractivity contribution >= 4 is 11.4 Å². The Morgan fingerprint density at radius 2 is 1.33 bits per heavy atom. The van der Waals surface area contributed by atoms with Gasteiger partial charge >= 0.3 is 0 Å². The van der Waals surface area contributed by atoms with E-state index in [0.29, 0.717) is 0 Å². The molecule has 0 aliphatic heterocycles. The zero-order valence-corrected chi connectivity index (χ0v) is 17.0. The van der Waals surface area contributed by atoms with Gasteiger partial charge in [0.2, 0.25) is 0 Å². The van der Waals surface area contributed by atoms with Crippen LogP contribution >= 0.6 is 0 Å². The zero-order valence-electron chi connectivity index (χ0n) is 17.0. The molecule has 27 heavy (non-hydrogen) atoms. The Morgan fingerprint density at radius 3 is 2.00 bits per heavy atom. The maximum atomic E-state index is 5.94. The molecular formula is C24H34N2O. The maximum Gasteiger partial charge on any atom is 0.122 e. The second-order valence-corrected chi connectivity index (χ2v) is 7.16. The molecule has 0 saturated carbocycles. The van der Waals surface area contributed by atoms with Gasteiger partial charge in [0.25, 0.3) is 0 Å². The van der Waals surface area contributed by atoms with Gasteiger partial charge in [0.15, 0.2) is 0 Å². The van der Waals surface area contributed by atoms with Crippen molar-refractivity contribution in [3.63, 3.8) is 0 Å². The molecule has 146 valence electrons. The van der Waals surface area contributed by atoms with Gasteiger partial charge in [0.05, 0.1) is 18.0 Å². The Bertz CT molecular complexity index is 667. The SMILES string of the molecule is CCCCCCCCCCCOc1ccc(N=Nc2ccccc2)cc1C. The standard InChI is InChI=1S/C24H34N2O/c1-3-4-5-6-7-8-9-10-14-19-27-24-18-17-23(20-21(24)2)26-25-22-15-12-11-13-16-22/h11-13,15-18,20H,3-10,14,19H2,1-2H3. The molecule has 0 unspecified atom stereocenters. The molecule has 0 N–H and O–H groups in total. The van der Waals surface area contributed by atoms with Crippen molar-refractivity contribution in [1.29, 1.82) is 0 Å². The van der Waals surface area contributed by atoms with E-state index in [1.54, 1.807) is 0 Å². The van der Waals surface area contributed by atoms with E-state index in [-0.39, 0.29) is 0 Å². The molecular weight excluding hydrogens is 332 g/mol. The molecule has 0 heterocycles. The van der Waals surface area contributed by atoms with Crippen LogP contribution in [0.2, 0.25) is 0 Å². The summed E-state index contributed by atoms with van der Waals surface area (Å²) in [7, 11) is 0. The number of rotatable bonds is 13. The molecule has 0 spiro atoms. The summed E-state index contributed by atoms with van der Waals surface area (Å²) in [5.74, 6) is 0.952. The summed E-state index contributed by atoms with van der Waals surface area (Å²) in [5, 5.41) is 8.56. The van der Waals surface area contributed by atoms with E-state index in [0.717, 1.165) is 35.7 Å². The molecule has 2 rings (SSSR count). The molecule has 0 radical (unpaired) electrons. The van der Waals surface area contributed by atoms with Gasteiger partial charge in [-0.2, -0.15) is 10.2 Å². The summed E-state index contributed by atoms with van der Waals surface area (Å²) in [4.78, 5) is 0. The second-order valence-electron chi connectivity index (χ2n) is 7.16. The minimum absolute atomic E-state index is 0.793. The predicted octanol–water partition coefficient (Wildman–Crippen LogP) is 8.32. The van der Waals surface area contributed by atoms with Crippen molar-refractivity contribution in [2.24, 2.45) is 10.2 Å². The van der Waals surface area contributed by atoms with Crippen molar-refractivity contribution in [3.8, 4) is 5.75 Å². The quantitative estimate of drug-likeness (QED) is 0.259. The Hall–Kier alpha value is -2.16. The van der Waals surface area contributed by atoms with Crippen LogP contribution in [0.15, 0.2) is 58.8 Å². The lowest BCUT2D eigenvalue weighted by atomic mass is 10.1. The third-order valence-corrected chi connectivity index (χ3v) is 4.70. The summed E-state index contributed by atoms with van der Waals surface area (Å²) in [6, 6.07) is 15.8. The molecule has 0 aliphatic carbocycles. The van der Waals surface area contributed by atoms with Crippen LogP contribution in [0, 0.1) is 6.92 Å². The molecule has 0 aliphatic rings. The molecule has 2 aromatic rings. The van der Waals surface area contributed by atoms with Gasteiger partial charge in [-0.3, -0.25) is 0 Å². The largest absolute Gasteiger partial charge is 0.493 e. The van der Waals surface area contributed by atoms with Crippen LogP contribution in [0.4, 0.5) is 11.4 Å². The molecule has 2 aromatic carbocycles. The molecule has 0 aromatic heterocycles. The fourth-order valence-electron chi connectivity index (χ4n) is 3.06. The normalized spacial score (nSPS) is 11.2. The average Bonchev–Trinajstić information content (AvgIpc) is 2.70. The summed E-state index contributed by atoms with van der Waals surface area (Å²) in [6.07, 6.45) is 12.0. The van der Waals surface area contributed by atoms with Gasteiger partial charge in [-0.25, -0.2) is 0 Å². The van der Waals surface area contributed by atoms with Crippen LogP contribution in [0.25, 0.3) is 0 Å². The molecule has 0 atom stereocenters. The first-order valence-electron chi connectivity index (χ1n) is 10.5. The van der Waals surface area contributed by atoms with Crippen molar-refractivity contribution in [3.05, 3.63) is 54.1 Å². The van der Waals surface area contributed by atoms with Gasteiger partial charge in [-0.1, -0.05) is 76.5 Å². The Balaban J connectivity index is 1.64. The fourth-order valence-corrected chi connectivity index (χ4v) is 3.06. The number of ether oxygens (including phenoxy) is 1. The lowest BCUT2D eigenvalue weighted by Gasteiger charge is -2.09. The topological polar surface area (TPSA) is 34.0 Å². The van der Waals surface area contributed by atoms with Crippen LogP contribution in [0.3, 0.4) is 0 Å². The number of aryl methyl sites for hydroxylation is 1. The second kappa shape index (κ2) is 13.1. The third kappa shape index (κ3) is 8.85. The summed E-state index contributed by atoms with van der Waals surface area (Å²) >= 11 is 0. The zero-order chi connectivity index (χ0) is 19.2. The molecule has 0 saturated heterocycles. The van der Waals surface area contributed by atoms with E-state index in [4.69, 9.17) is 4.74 Å². The first-order valence-corrected chi connectivity index (χ1v) is 10.5. The van der Waals surface area contributed by atoms with Gasteiger partial charge in [-0.05, 0) is 49.2 Å². The van der Waals surface area contributed by atoms with E-state index < -0.39 is 0 Å². The molecule has 0 fully saturated rings. The van der Waals surface area contributed by atoms with Crippen LogP contribution in [-0.4, -0.2) is 6.61 Å². The van der Waals surface area contributed by atoms with E-state index in [1.165, 1.54) is 51.4 Å². The number of unbranched alkanes of at least 4 members (excludes halogenated alkanes) is 8. The number of hydrogen-bond acceptors (Lipinski definition) is 3. The van der Waals surface area contributed by atoms with Crippen molar-refractivity contribution in [2.45, 2.75) is 71.6 Å². The minimum Gasteiger partial charge on any atom is -0.493 e. The first-order chi connectivity index (χ1) is 13.3. The van der Waals surface area contributed by atoms with Gasteiger partial charge in [0.1, 0.15) is 5.75 Å². The number of hydrogen-bond donors (Lipinski definition) is 0. The maximum absolute atomic E-state index is 5.94. The van der Waals surface area contributed by atoms with Crippen LogP contribution in [0.5, 0.6) is 5.75 Å². The molecule has 3 nitrogen and oxygen atoms in total. The minimum atomic E-state index is 0.793. The Morgan fingerprint density at radius 1 is 0.704 bits per heavy atom. The summed E-state index contributed by atoms with van der Waals surface area (Å²) < 4.78 is 5.94. The Kier molecular flexibility index (Phi) is 10.2.